The van der Waals surface area contributed by atoms with Gasteiger partial charge in [0, 0.05) is 12.0 Å². The number of hydrogen-bond acceptors (Lipinski definition) is 5. The van der Waals surface area contributed by atoms with Crippen molar-refractivity contribution in [2.75, 3.05) is 11.1 Å². The zero-order valence-electron chi connectivity index (χ0n) is 19.6. The number of carbonyl (C=O) groups excluding carboxylic acids is 1. The van der Waals surface area contributed by atoms with Crippen LogP contribution in [0.25, 0.3) is 5.95 Å². The summed E-state index contributed by atoms with van der Waals surface area (Å²) in [7, 11) is 0. The van der Waals surface area contributed by atoms with E-state index in [4.69, 9.17) is 5.73 Å². The molecule has 1 amide bonds. The number of halogens is 6. The molecule has 2 aromatic heterocycles. The predicted molar refractivity (Wildman–Crippen MR) is 121 cm³/mol. The number of aromatic nitrogens is 4. The number of fused-ring (bicyclic) bond motifs is 2. The lowest BCUT2D eigenvalue weighted by Gasteiger charge is -2.24. The van der Waals surface area contributed by atoms with E-state index in [1.807, 2.05) is 0 Å². The van der Waals surface area contributed by atoms with Gasteiger partial charge in [-0.05, 0) is 50.7 Å². The molecule has 37 heavy (non-hydrogen) atoms. The van der Waals surface area contributed by atoms with Crippen LogP contribution in [0.2, 0.25) is 0 Å². The number of nitrogens with one attached hydrogen (secondary N) is 1. The lowest BCUT2D eigenvalue weighted by atomic mass is 9.77. The number of alkyl halides is 5. The fourth-order valence-corrected chi connectivity index (χ4v) is 5.07. The van der Waals surface area contributed by atoms with Crippen LogP contribution in [-0.4, -0.2) is 37.8 Å². The standard InChI is InChI=1S/C24H22F6N6O/c1-22(13-7-3-4-8-14(13)25)17-18(31)32-21(34-19(17)33-20(22)37)36-16-9-5-2-6-12(16)15(35-36)10-11-23(26,27)24(28,29)30/h3-4,7-8H,2,5-6,9-11H2,1H3,(H3,31,32,33,34,37). The maximum atomic E-state index is 14.7. The Morgan fingerprint density at radius 1 is 1.11 bits per heavy atom. The minimum Gasteiger partial charge on any atom is -0.383 e. The van der Waals surface area contributed by atoms with E-state index in [0.29, 0.717) is 24.1 Å². The van der Waals surface area contributed by atoms with Gasteiger partial charge in [0.2, 0.25) is 5.91 Å². The van der Waals surface area contributed by atoms with Gasteiger partial charge in [0.05, 0.1) is 17.0 Å². The van der Waals surface area contributed by atoms with Gasteiger partial charge in [-0.2, -0.15) is 37.0 Å². The van der Waals surface area contributed by atoms with Gasteiger partial charge in [0.25, 0.3) is 5.95 Å². The highest BCUT2D eigenvalue weighted by Crippen LogP contribution is 2.45. The molecule has 3 heterocycles. The number of carbonyl (C=O) groups is 1. The number of hydrogen-bond donors (Lipinski definition) is 2. The maximum absolute atomic E-state index is 14.7. The van der Waals surface area contributed by atoms with Gasteiger partial charge in [-0.1, -0.05) is 18.2 Å². The van der Waals surface area contributed by atoms with Crippen LogP contribution in [0.1, 0.15) is 54.3 Å². The first-order valence-corrected chi connectivity index (χ1v) is 11.6. The molecule has 1 atom stereocenters. The monoisotopic (exact) mass is 524 g/mol. The van der Waals surface area contributed by atoms with Crippen LogP contribution >= 0.6 is 0 Å². The molecule has 1 unspecified atom stereocenters. The maximum Gasteiger partial charge on any atom is 0.453 e. The number of aryl methyl sites for hydroxylation is 1. The summed E-state index contributed by atoms with van der Waals surface area (Å²) in [6.07, 6.45) is -5.27. The molecule has 0 saturated carbocycles. The van der Waals surface area contributed by atoms with Gasteiger partial charge < -0.3 is 11.1 Å². The number of nitrogen functional groups attached to an aromatic ring is 1. The molecule has 3 N–H and O–H groups in total. The molecule has 5 rings (SSSR count). The van der Waals surface area contributed by atoms with Crippen LogP contribution in [0.5, 0.6) is 0 Å². The first kappa shape index (κ1) is 25.0. The molecular formula is C24H22F6N6O. The SMILES string of the molecule is CC1(c2ccccc2F)C(=O)Nc2nc(-n3nc(CCC(F)(F)C(F)(F)F)c4c3CCCC4)nc(N)c21. The molecule has 7 nitrogen and oxygen atoms in total. The van der Waals surface area contributed by atoms with E-state index in [9.17, 15) is 31.1 Å². The van der Waals surface area contributed by atoms with Gasteiger partial charge in [0.15, 0.2) is 0 Å². The number of nitrogens with two attached hydrogens (primary N) is 1. The van der Waals surface area contributed by atoms with E-state index >= 15 is 0 Å². The first-order valence-electron chi connectivity index (χ1n) is 11.6. The molecule has 1 aliphatic heterocycles. The second-order valence-electron chi connectivity index (χ2n) is 9.38. The topological polar surface area (TPSA) is 98.7 Å². The van der Waals surface area contributed by atoms with E-state index < -0.39 is 42.1 Å². The van der Waals surface area contributed by atoms with Crippen LogP contribution in [0, 0.1) is 5.82 Å². The van der Waals surface area contributed by atoms with Gasteiger partial charge in [-0.15, -0.1) is 0 Å². The minimum atomic E-state index is -5.66. The Kier molecular flexibility index (Phi) is 5.72. The summed E-state index contributed by atoms with van der Waals surface area (Å²) in [4.78, 5) is 21.7. The summed E-state index contributed by atoms with van der Waals surface area (Å²) in [5.74, 6) is -6.17. The lowest BCUT2D eigenvalue weighted by molar-refractivity contribution is -0.284. The van der Waals surface area contributed by atoms with Crippen LogP contribution < -0.4 is 11.1 Å². The quantitative estimate of drug-likeness (QED) is 0.474. The molecular weight excluding hydrogens is 502 g/mol. The number of amides is 1. The van der Waals surface area contributed by atoms with Gasteiger partial charge >= 0.3 is 12.1 Å². The summed E-state index contributed by atoms with van der Waals surface area (Å²) >= 11 is 0. The van der Waals surface area contributed by atoms with E-state index in [2.05, 4.69) is 20.4 Å². The van der Waals surface area contributed by atoms with Crippen molar-refractivity contribution in [2.45, 2.75) is 63.0 Å². The Balaban J connectivity index is 1.57. The Hall–Kier alpha value is -3.64. The summed E-state index contributed by atoms with van der Waals surface area (Å²) < 4.78 is 81.2. The number of nitrogens with zero attached hydrogens (tertiary/aromatic N) is 4. The average Bonchev–Trinajstić information content (AvgIpc) is 3.32. The molecule has 0 radical (unpaired) electrons. The molecule has 13 heteroatoms. The third-order valence-electron chi connectivity index (χ3n) is 7.07. The number of rotatable bonds is 5. The highest BCUT2D eigenvalue weighted by Gasteiger charge is 2.56. The average molecular weight is 524 g/mol. The normalized spacial score (nSPS) is 19.5. The second kappa shape index (κ2) is 8.45. The minimum absolute atomic E-state index is 0.0449. The molecule has 0 spiro atoms. The molecule has 0 bridgehead atoms. The number of benzene rings is 1. The van der Waals surface area contributed by atoms with E-state index in [-0.39, 0.29) is 34.4 Å². The van der Waals surface area contributed by atoms with Crippen molar-refractivity contribution in [3.05, 3.63) is 58.2 Å². The Bertz CT molecular complexity index is 1400. The Morgan fingerprint density at radius 2 is 1.81 bits per heavy atom. The molecule has 1 aromatic carbocycles. The summed E-state index contributed by atoms with van der Waals surface area (Å²) in [5.41, 5.74) is 6.30. The van der Waals surface area contributed by atoms with E-state index in [1.54, 1.807) is 6.07 Å². The van der Waals surface area contributed by atoms with Crippen molar-refractivity contribution in [1.82, 2.24) is 19.7 Å². The van der Waals surface area contributed by atoms with Crippen molar-refractivity contribution < 1.29 is 31.1 Å². The van der Waals surface area contributed by atoms with Crippen molar-refractivity contribution in [3.8, 4) is 5.95 Å². The third kappa shape index (κ3) is 3.91. The highest BCUT2D eigenvalue weighted by atomic mass is 19.4. The summed E-state index contributed by atoms with van der Waals surface area (Å²) in [5, 5.41) is 6.92. The van der Waals surface area contributed by atoms with Crippen molar-refractivity contribution in [1.29, 1.82) is 0 Å². The van der Waals surface area contributed by atoms with Crippen LogP contribution in [0.4, 0.5) is 38.0 Å². The molecule has 2 aliphatic rings. The zero-order valence-corrected chi connectivity index (χ0v) is 19.6. The zero-order chi connectivity index (χ0) is 26.8. The number of anilines is 2. The Morgan fingerprint density at radius 3 is 2.51 bits per heavy atom. The van der Waals surface area contributed by atoms with Crippen LogP contribution in [0.15, 0.2) is 24.3 Å². The highest BCUT2D eigenvalue weighted by molar-refractivity contribution is 6.09. The lowest BCUT2D eigenvalue weighted by Crippen LogP contribution is -2.36. The van der Waals surface area contributed by atoms with Crippen molar-refractivity contribution in [2.24, 2.45) is 0 Å². The third-order valence-corrected chi connectivity index (χ3v) is 7.07. The predicted octanol–water partition coefficient (Wildman–Crippen LogP) is 4.65. The molecule has 0 fully saturated rings. The summed E-state index contributed by atoms with van der Waals surface area (Å²) in [6.45, 7) is 1.50. The Labute approximate surface area is 207 Å². The molecule has 0 saturated heterocycles. The molecule has 196 valence electrons. The van der Waals surface area contributed by atoms with Crippen LogP contribution in [0.3, 0.4) is 0 Å². The van der Waals surface area contributed by atoms with Gasteiger partial charge in [-0.3, -0.25) is 4.79 Å². The van der Waals surface area contributed by atoms with E-state index in [1.165, 1.54) is 29.8 Å². The molecule has 3 aromatic rings. The second-order valence-corrected chi connectivity index (χ2v) is 9.38. The fourth-order valence-electron chi connectivity index (χ4n) is 5.07. The fraction of sp³-hybridized carbons (Fsp3) is 0.417. The molecule has 1 aliphatic carbocycles. The smallest absolute Gasteiger partial charge is 0.383 e. The van der Waals surface area contributed by atoms with Crippen molar-refractivity contribution in [3.63, 3.8) is 0 Å². The summed E-state index contributed by atoms with van der Waals surface area (Å²) in [6, 6.07) is 5.75. The van der Waals surface area contributed by atoms with E-state index in [0.717, 1.165) is 12.8 Å². The van der Waals surface area contributed by atoms with Gasteiger partial charge in [0.1, 0.15) is 22.9 Å². The van der Waals surface area contributed by atoms with Gasteiger partial charge in [-0.25, -0.2) is 9.07 Å². The van der Waals surface area contributed by atoms with Crippen LogP contribution in [-0.2, 0) is 29.5 Å². The first-order chi connectivity index (χ1) is 17.3. The largest absolute Gasteiger partial charge is 0.453 e. The van der Waals surface area contributed by atoms with Crippen molar-refractivity contribution >= 4 is 17.5 Å².